The molecule has 1 aromatic heterocycles. The van der Waals surface area contributed by atoms with Gasteiger partial charge in [-0.3, -0.25) is 0 Å². The summed E-state index contributed by atoms with van der Waals surface area (Å²) in [7, 11) is -1.80. The Morgan fingerprint density at radius 2 is 1.89 bits per heavy atom. The molecular formula is C13H21N3O2S. The van der Waals surface area contributed by atoms with Gasteiger partial charge in [0.05, 0.1) is 0 Å². The second kappa shape index (κ2) is 5.46. The Hall–Kier alpha value is -1.14. The highest BCUT2D eigenvalue weighted by atomic mass is 32.2. The van der Waals surface area contributed by atoms with Gasteiger partial charge in [0.25, 0.3) is 0 Å². The van der Waals surface area contributed by atoms with E-state index >= 15 is 0 Å². The van der Waals surface area contributed by atoms with Gasteiger partial charge in [0.15, 0.2) is 0 Å². The topological polar surface area (TPSA) is 76.3 Å². The SMILES string of the molecule is CC1CCC(N(C)S(=O)(=O)c2ccc(N)nc2)CC1. The Kier molecular flexibility index (Phi) is 4.10. The van der Waals surface area contributed by atoms with Crippen molar-refractivity contribution in [3.8, 4) is 0 Å². The van der Waals surface area contributed by atoms with Gasteiger partial charge in [0.2, 0.25) is 10.0 Å². The molecule has 0 radical (unpaired) electrons. The minimum absolute atomic E-state index is 0.0961. The lowest BCUT2D eigenvalue weighted by atomic mass is 9.87. The van der Waals surface area contributed by atoms with E-state index in [0.717, 1.165) is 25.7 Å². The van der Waals surface area contributed by atoms with Crippen LogP contribution in [0.3, 0.4) is 0 Å². The number of pyridine rings is 1. The lowest BCUT2D eigenvalue weighted by Crippen LogP contribution is -2.39. The highest BCUT2D eigenvalue weighted by Crippen LogP contribution is 2.29. The zero-order chi connectivity index (χ0) is 14.0. The van der Waals surface area contributed by atoms with Crippen LogP contribution in [0.2, 0.25) is 0 Å². The van der Waals surface area contributed by atoms with Gasteiger partial charge in [-0.25, -0.2) is 13.4 Å². The van der Waals surface area contributed by atoms with Crippen LogP contribution >= 0.6 is 0 Å². The summed E-state index contributed by atoms with van der Waals surface area (Å²) in [5.41, 5.74) is 5.48. The Morgan fingerprint density at radius 1 is 1.26 bits per heavy atom. The lowest BCUT2D eigenvalue weighted by molar-refractivity contribution is 0.246. The van der Waals surface area contributed by atoms with Crippen molar-refractivity contribution in [1.29, 1.82) is 0 Å². The molecule has 1 aromatic rings. The third-order valence-electron chi connectivity index (χ3n) is 3.94. The van der Waals surface area contributed by atoms with Gasteiger partial charge in [0.1, 0.15) is 10.7 Å². The monoisotopic (exact) mass is 283 g/mol. The van der Waals surface area contributed by atoms with Crippen LogP contribution in [0.15, 0.2) is 23.2 Å². The number of sulfonamides is 1. The maximum Gasteiger partial charge on any atom is 0.244 e. The molecule has 2 N–H and O–H groups in total. The fraction of sp³-hybridized carbons (Fsp3) is 0.615. The quantitative estimate of drug-likeness (QED) is 0.918. The second-order valence-corrected chi connectivity index (χ2v) is 7.35. The molecule has 1 saturated carbocycles. The van der Waals surface area contributed by atoms with Crippen molar-refractivity contribution >= 4 is 15.8 Å². The number of nitrogens with zero attached hydrogens (tertiary/aromatic N) is 2. The summed E-state index contributed by atoms with van der Waals surface area (Å²) < 4.78 is 26.4. The van der Waals surface area contributed by atoms with Crippen LogP contribution in [-0.2, 0) is 10.0 Å². The highest BCUT2D eigenvalue weighted by molar-refractivity contribution is 7.89. The smallest absolute Gasteiger partial charge is 0.244 e. The number of aromatic nitrogens is 1. The van der Waals surface area contributed by atoms with Crippen LogP contribution in [0, 0.1) is 5.92 Å². The molecule has 6 heteroatoms. The number of hydrogen-bond acceptors (Lipinski definition) is 4. The average molecular weight is 283 g/mol. The van der Waals surface area contributed by atoms with Crippen molar-refractivity contribution in [3.63, 3.8) is 0 Å². The van der Waals surface area contributed by atoms with Gasteiger partial charge in [-0.05, 0) is 43.7 Å². The molecule has 0 bridgehead atoms. The van der Waals surface area contributed by atoms with Gasteiger partial charge in [-0.2, -0.15) is 4.31 Å². The van der Waals surface area contributed by atoms with Gasteiger partial charge in [0, 0.05) is 19.3 Å². The van der Waals surface area contributed by atoms with Crippen molar-refractivity contribution in [2.45, 2.75) is 43.5 Å². The van der Waals surface area contributed by atoms with E-state index in [4.69, 9.17) is 5.73 Å². The average Bonchev–Trinajstić information content (AvgIpc) is 2.39. The third kappa shape index (κ3) is 3.06. The van der Waals surface area contributed by atoms with E-state index < -0.39 is 10.0 Å². The summed E-state index contributed by atoms with van der Waals surface area (Å²) in [6.07, 6.45) is 5.36. The first kappa shape index (κ1) is 14.3. The van der Waals surface area contributed by atoms with Crippen LogP contribution in [0.1, 0.15) is 32.6 Å². The predicted octanol–water partition coefficient (Wildman–Crippen LogP) is 1.86. The van der Waals surface area contributed by atoms with E-state index in [2.05, 4.69) is 11.9 Å². The zero-order valence-electron chi connectivity index (χ0n) is 11.4. The Bertz CT molecular complexity index is 519. The molecule has 106 valence electrons. The molecule has 1 heterocycles. The number of rotatable bonds is 3. The molecule has 0 spiro atoms. The Balaban J connectivity index is 2.17. The van der Waals surface area contributed by atoms with E-state index in [-0.39, 0.29) is 10.9 Å². The maximum absolute atomic E-state index is 12.5. The molecule has 1 fully saturated rings. The lowest BCUT2D eigenvalue weighted by Gasteiger charge is -2.32. The zero-order valence-corrected chi connectivity index (χ0v) is 12.2. The number of nitrogens with two attached hydrogens (primary N) is 1. The van der Waals surface area contributed by atoms with Crippen molar-refractivity contribution in [1.82, 2.24) is 9.29 Å². The second-order valence-electron chi connectivity index (χ2n) is 5.35. The molecule has 1 aliphatic rings. The first-order valence-corrected chi connectivity index (χ1v) is 8.05. The fourth-order valence-electron chi connectivity index (χ4n) is 2.51. The summed E-state index contributed by atoms with van der Waals surface area (Å²) >= 11 is 0. The molecule has 0 amide bonds. The summed E-state index contributed by atoms with van der Waals surface area (Å²) in [5.74, 6) is 1.03. The molecular weight excluding hydrogens is 262 g/mol. The summed E-state index contributed by atoms with van der Waals surface area (Å²) in [5, 5.41) is 0. The van der Waals surface area contributed by atoms with Crippen LogP contribution in [0.5, 0.6) is 0 Å². The minimum atomic E-state index is -3.46. The molecule has 0 aliphatic heterocycles. The molecule has 5 nitrogen and oxygen atoms in total. The number of anilines is 1. The van der Waals surface area contributed by atoms with Crippen LogP contribution in [-0.4, -0.2) is 30.8 Å². The Morgan fingerprint density at radius 3 is 2.42 bits per heavy atom. The van der Waals surface area contributed by atoms with E-state index in [1.54, 1.807) is 7.05 Å². The fourth-order valence-corrected chi connectivity index (χ4v) is 3.87. The van der Waals surface area contributed by atoms with Crippen molar-refractivity contribution in [2.24, 2.45) is 5.92 Å². The molecule has 19 heavy (non-hydrogen) atoms. The third-order valence-corrected chi connectivity index (χ3v) is 5.83. The largest absolute Gasteiger partial charge is 0.384 e. The minimum Gasteiger partial charge on any atom is -0.384 e. The summed E-state index contributed by atoms with van der Waals surface area (Å²) in [4.78, 5) is 4.07. The van der Waals surface area contributed by atoms with E-state index in [9.17, 15) is 8.42 Å². The number of hydrogen-bond donors (Lipinski definition) is 1. The summed E-state index contributed by atoms with van der Waals surface area (Å²) in [6, 6.07) is 3.13. The van der Waals surface area contributed by atoms with Crippen LogP contribution in [0.25, 0.3) is 0 Å². The first-order chi connectivity index (χ1) is 8.91. The Labute approximate surface area is 114 Å². The maximum atomic E-state index is 12.5. The van der Waals surface area contributed by atoms with Crippen LogP contribution < -0.4 is 5.73 Å². The predicted molar refractivity (Wildman–Crippen MR) is 75.0 cm³/mol. The van der Waals surface area contributed by atoms with Gasteiger partial charge in [-0.15, -0.1) is 0 Å². The molecule has 1 aliphatic carbocycles. The van der Waals surface area contributed by atoms with Crippen molar-refractivity contribution in [3.05, 3.63) is 18.3 Å². The molecule has 2 rings (SSSR count). The normalized spacial score (nSPS) is 24.6. The molecule has 0 atom stereocenters. The summed E-state index contributed by atoms with van der Waals surface area (Å²) in [6.45, 7) is 2.22. The van der Waals surface area contributed by atoms with Crippen LogP contribution in [0.4, 0.5) is 5.82 Å². The van der Waals surface area contributed by atoms with Gasteiger partial charge < -0.3 is 5.73 Å². The number of nitrogen functional groups attached to an aromatic ring is 1. The van der Waals surface area contributed by atoms with E-state index in [0.29, 0.717) is 11.7 Å². The highest BCUT2D eigenvalue weighted by Gasteiger charge is 2.30. The molecule has 0 saturated heterocycles. The van der Waals surface area contributed by atoms with E-state index in [1.807, 2.05) is 0 Å². The van der Waals surface area contributed by atoms with Gasteiger partial charge in [-0.1, -0.05) is 6.92 Å². The standard InChI is InChI=1S/C13H21N3O2S/c1-10-3-5-11(6-4-10)16(2)19(17,18)12-7-8-13(14)15-9-12/h7-11H,3-6H2,1-2H3,(H2,14,15). The van der Waals surface area contributed by atoms with E-state index in [1.165, 1.54) is 22.6 Å². The molecule has 0 unspecified atom stereocenters. The van der Waals surface area contributed by atoms with Crippen molar-refractivity contribution < 1.29 is 8.42 Å². The first-order valence-electron chi connectivity index (χ1n) is 6.61. The van der Waals surface area contributed by atoms with Crippen molar-refractivity contribution in [2.75, 3.05) is 12.8 Å². The molecule has 0 aromatic carbocycles. The van der Waals surface area contributed by atoms with Gasteiger partial charge >= 0.3 is 0 Å².